The second kappa shape index (κ2) is 9.18. The van der Waals surface area contributed by atoms with Crippen molar-refractivity contribution in [3.05, 3.63) is 56.3 Å². The van der Waals surface area contributed by atoms with E-state index in [0.29, 0.717) is 0 Å². The van der Waals surface area contributed by atoms with Crippen LogP contribution in [0.2, 0.25) is 0 Å². The summed E-state index contributed by atoms with van der Waals surface area (Å²) in [5.41, 5.74) is 5.46. The highest BCUT2D eigenvalue weighted by molar-refractivity contribution is 7.29. The van der Waals surface area contributed by atoms with E-state index in [1.54, 1.807) is 22.7 Å². The third-order valence-corrected chi connectivity index (χ3v) is 12.1. The number of fused-ring (bicyclic) bond motifs is 4. The molecule has 36 heavy (non-hydrogen) atoms. The summed E-state index contributed by atoms with van der Waals surface area (Å²) in [6.07, 6.45) is 5.78. The van der Waals surface area contributed by atoms with Crippen LogP contribution in [0.5, 0.6) is 0 Å². The lowest BCUT2D eigenvalue weighted by Gasteiger charge is -2.08. The molecule has 0 aliphatic carbocycles. The van der Waals surface area contributed by atoms with Gasteiger partial charge in [0, 0.05) is 28.6 Å². The van der Waals surface area contributed by atoms with E-state index in [9.17, 15) is 9.59 Å². The number of hydrogen-bond acceptors (Lipinski definition) is 6. The van der Waals surface area contributed by atoms with Crippen molar-refractivity contribution in [2.45, 2.75) is 53.4 Å². The zero-order chi connectivity index (χ0) is 25.1. The van der Waals surface area contributed by atoms with Gasteiger partial charge in [0.2, 0.25) is 0 Å². The maximum absolute atomic E-state index is 11.5. The van der Waals surface area contributed by atoms with Crippen LogP contribution in [0.25, 0.3) is 50.1 Å². The third-order valence-electron chi connectivity index (χ3n) is 7.25. The number of thiophene rings is 4. The minimum atomic E-state index is 0.814. The smallest absolute Gasteiger partial charge is 0.160 e. The lowest BCUT2D eigenvalue weighted by atomic mass is 9.98. The van der Waals surface area contributed by atoms with Gasteiger partial charge < -0.3 is 0 Å². The monoisotopic (exact) mass is 546 g/mol. The van der Waals surface area contributed by atoms with Crippen molar-refractivity contribution in [3.63, 3.8) is 0 Å². The Balaban J connectivity index is 1.64. The molecular formula is C30H26O2S4. The highest BCUT2D eigenvalue weighted by atomic mass is 32.1. The summed E-state index contributed by atoms with van der Waals surface area (Å²) in [6.45, 7) is 8.88. The molecule has 6 aromatic rings. The Hall–Kier alpha value is -2.38. The van der Waals surface area contributed by atoms with Crippen LogP contribution in [-0.4, -0.2) is 12.6 Å². The number of carbonyl (C=O) groups is 2. The average molecular weight is 547 g/mol. The molecular weight excluding hydrogens is 521 g/mol. The maximum Gasteiger partial charge on any atom is 0.160 e. The average Bonchev–Trinajstić information content (AvgIpc) is 3.68. The second-order valence-corrected chi connectivity index (χ2v) is 13.3. The SMILES string of the molecule is CCc1c2cc(-c3cc4c(CC)c5sc(C=O)cc5c(CC)c4s3)sc2c(CC)c2cc(C=O)sc12. The van der Waals surface area contributed by atoms with E-state index in [0.717, 1.165) is 48.0 Å². The van der Waals surface area contributed by atoms with Crippen molar-refractivity contribution in [1.82, 2.24) is 0 Å². The van der Waals surface area contributed by atoms with Crippen LogP contribution in [0, 0.1) is 0 Å². The molecule has 0 N–H and O–H groups in total. The molecule has 0 aliphatic rings. The van der Waals surface area contributed by atoms with Gasteiger partial charge in [-0.15, -0.1) is 45.3 Å². The van der Waals surface area contributed by atoms with Crippen LogP contribution in [-0.2, 0) is 25.7 Å². The largest absolute Gasteiger partial charge is 0.297 e. The minimum Gasteiger partial charge on any atom is -0.297 e. The predicted molar refractivity (Wildman–Crippen MR) is 162 cm³/mol. The number of benzene rings is 2. The van der Waals surface area contributed by atoms with E-state index in [4.69, 9.17) is 0 Å². The van der Waals surface area contributed by atoms with E-state index in [1.807, 2.05) is 22.7 Å². The van der Waals surface area contributed by atoms with Gasteiger partial charge in [-0.2, -0.15) is 0 Å². The molecule has 182 valence electrons. The third kappa shape index (κ3) is 3.38. The summed E-state index contributed by atoms with van der Waals surface area (Å²) in [7, 11) is 0. The van der Waals surface area contributed by atoms with Crippen molar-refractivity contribution in [3.8, 4) is 9.75 Å². The molecule has 6 heteroatoms. The summed E-state index contributed by atoms with van der Waals surface area (Å²) in [5, 5.41) is 5.21. The number of aryl methyl sites for hydroxylation is 4. The number of carbonyl (C=O) groups excluding carboxylic acids is 2. The Morgan fingerprint density at radius 2 is 0.806 bits per heavy atom. The predicted octanol–water partition coefficient (Wildman–Crippen LogP) is 10.1. The topological polar surface area (TPSA) is 34.1 Å². The quantitative estimate of drug-likeness (QED) is 0.187. The minimum absolute atomic E-state index is 0.814. The normalized spacial score (nSPS) is 12.0. The van der Waals surface area contributed by atoms with Crippen molar-refractivity contribution < 1.29 is 9.59 Å². The van der Waals surface area contributed by atoms with Crippen LogP contribution in [0.1, 0.15) is 69.3 Å². The molecule has 2 aromatic carbocycles. The van der Waals surface area contributed by atoms with E-state index < -0.39 is 0 Å². The molecule has 0 atom stereocenters. The summed E-state index contributed by atoms with van der Waals surface area (Å²) >= 11 is 7.07. The van der Waals surface area contributed by atoms with Crippen LogP contribution >= 0.6 is 45.3 Å². The zero-order valence-electron chi connectivity index (χ0n) is 20.7. The van der Waals surface area contributed by atoms with E-state index >= 15 is 0 Å². The second-order valence-electron chi connectivity index (χ2n) is 9.05. The van der Waals surface area contributed by atoms with Crippen molar-refractivity contribution in [1.29, 1.82) is 0 Å². The van der Waals surface area contributed by atoms with Gasteiger partial charge >= 0.3 is 0 Å². The Morgan fingerprint density at radius 3 is 1.11 bits per heavy atom. The molecule has 0 saturated carbocycles. The first-order valence-electron chi connectivity index (χ1n) is 12.5. The summed E-state index contributed by atoms with van der Waals surface area (Å²) in [6, 6.07) is 8.97. The van der Waals surface area contributed by atoms with Gasteiger partial charge in [0.25, 0.3) is 0 Å². The molecule has 2 nitrogen and oxygen atoms in total. The first-order valence-corrected chi connectivity index (χ1v) is 15.7. The fraction of sp³-hybridized carbons (Fsp3) is 0.267. The molecule has 4 heterocycles. The number of rotatable bonds is 7. The fourth-order valence-corrected chi connectivity index (χ4v) is 10.6. The Morgan fingerprint density at radius 1 is 0.500 bits per heavy atom. The van der Waals surface area contributed by atoms with Crippen molar-refractivity contribution in [2.75, 3.05) is 0 Å². The standard InChI is InChI=1S/C30H26O2S4/c1-5-17-21-9-15(13-31)33-27(21)19(7-3)23-11-25(35-29(17)23)26-12-24-20(8-4)28-22(10-16(14-32)34-28)18(6-2)30(24)36-26/h9-14H,5-8H2,1-4H3. The molecule has 4 aromatic heterocycles. The highest BCUT2D eigenvalue weighted by Gasteiger charge is 2.21. The fourth-order valence-electron chi connectivity index (χ4n) is 5.65. The van der Waals surface area contributed by atoms with Gasteiger partial charge in [-0.25, -0.2) is 0 Å². The zero-order valence-corrected chi connectivity index (χ0v) is 24.0. The van der Waals surface area contributed by atoms with E-state index in [-0.39, 0.29) is 0 Å². The lowest BCUT2D eigenvalue weighted by molar-refractivity contribution is 0.111. The van der Waals surface area contributed by atoms with Gasteiger partial charge in [-0.3, -0.25) is 9.59 Å². The van der Waals surface area contributed by atoms with Crippen LogP contribution < -0.4 is 0 Å². The van der Waals surface area contributed by atoms with E-state index in [2.05, 4.69) is 52.0 Å². The van der Waals surface area contributed by atoms with Gasteiger partial charge in [-0.1, -0.05) is 27.7 Å². The Kier molecular flexibility index (Phi) is 6.11. The van der Waals surface area contributed by atoms with Gasteiger partial charge in [0.1, 0.15) is 0 Å². The van der Waals surface area contributed by atoms with Crippen LogP contribution in [0.3, 0.4) is 0 Å². The number of hydrogen-bond donors (Lipinski definition) is 0. The summed E-state index contributed by atoms with van der Waals surface area (Å²) in [5.74, 6) is 0. The maximum atomic E-state index is 11.5. The van der Waals surface area contributed by atoms with Crippen LogP contribution in [0.15, 0.2) is 24.3 Å². The van der Waals surface area contributed by atoms with E-state index in [1.165, 1.54) is 72.4 Å². The first-order chi connectivity index (χ1) is 17.6. The first kappa shape index (κ1) is 24.0. The highest BCUT2D eigenvalue weighted by Crippen LogP contribution is 2.49. The Labute approximate surface area is 226 Å². The molecule has 0 radical (unpaired) electrons. The molecule has 0 spiro atoms. The Bertz CT molecular complexity index is 1570. The molecule has 0 unspecified atom stereocenters. The van der Waals surface area contributed by atoms with Gasteiger partial charge in [0.15, 0.2) is 12.6 Å². The summed E-state index contributed by atoms with van der Waals surface area (Å²) < 4.78 is 5.29. The van der Waals surface area contributed by atoms with Crippen LogP contribution in [0.4, 0.5) is 0 Å². The van der Waals surface area contributed by atoms with Crippen molar-refractivity contribution >= 4 is 98.3 Å². The van der Waals surface area contributed by atoms with Gasteiger partial charge in [-0.05, 0) is 93.7 Å². The lowest BCUT2D eigenvalue weighted by Crippen LogP contribution is -1.88. The molecule has 0 aliphatic heterocycles. The molecule has 6 rings (SSSR count). The molecule has 0 fully saturated rings. The molecule has 0 bridgehead atoms. The number of aldehydes is 2. The van der Waals surface area contributed by atoms with Gasteiger partial charge in [0.05, 0.1) is 9.75 Å². The summed E-state index contributed by atoms with van der Waals surface area (Å²) in [4.78, 5) is 27.3. The van der Waals surface area contributed by atoms with Crippen molar-refractivity contribution in [2.24, 2.45) is 0 Å². The molecule has 0 amide bonds. The molecule has 0 saturated heterocycles.